The number of rotatable bonds is 9. The molecule has 0 spiro atoms. The minimum atomic E-state index is -0.129. The lowest BCUT2D eigenvalue weighted by atomic mass is 10.4. The highest BCUT2D eigenvalue weighted by molar-refractivity contribution is 8.00. The summed E-state index contributed by atoms with van der Waals surface area (Å²) in [7, 11) is 1.67. The standard InChI is InChI=1S/C14H21ClN2O2S/c1-11(20-13-5-3-12(15)4-6-13)14(18)17-8-7-16-9-10-19-2/h3-6,11,16H,7-10H2,1-2H3,(H,17,18). The Bertz CT molecular complexity index is 401. The van der Waals surface area contributed by atoms with Crippen molar-refractivity contribution < 1.29 is 9.53 Å². The summed E-state index contributed by atoms with van der Waals surface area (Å²) < 4.78 is 4.92. The molecule has 1 aromatic carbocycles. The number of benzene rings is 1. The summed E-state index contributed by atoms with van der Waals surface area (Å²) >= 11 is 7.35. The van der Waals surface area contributed by atoms with E-state index in [-0.39, 0.29) is 11.2 Å². The van der Waals surface area contributed by atoms with Crippen LogP contribution in [-0.4, -0.2) is 44.5 Å². The Morgan fingerprint density at radius 2 is 2.00 bits per heavy atom. The predicted molar refractivity (Wildman–Crippen MR) is 84.5 cm³/mol. The number of nitrogens with one attached hydrogen (secondary N) is 2. The summed E-state index contributed by atoms with van der Waals surface area (Å²) in [4.78, 5) is 12.9. The topological polar surface area (TPSA) is 50.4 Å². The van der Waals surface area contributed by atoms with Gasteiger partial charge in [0.25, 0.3) is 0 Å². The van der Waals surface area contributed by atoms with E-state index in [2.05, 4.69) is 10.6 Å². The van der Waals surface area contributed by atoms with Crippen LogP contribution < -0.4 is 10.6 Å². The van der Waals surface area contributed by atoms with Crippen molar-refractivity contribution >= 4 is 29.3 Å². The number of hydrogen-bond acceptors (Lipinski definition) is 4. The van der Waals surface area contributed by atoms with Crippen LogP contribution in [0.3, 0.4) is 0 Å². The fourth-order valence-electron chi connectivity index (χ4n) is 1.49. The first-order chi connectivity index (χ1) is 9.63. The van der Waals surface area contributed by atoms with Crippen molar-refractivity contribution in [2.24, 2.45) is 0 Å². The Kier molecular flexibility index (Phi) is 8.69. The number of amides is 1. The van der Waals surface area contributed by atoms with Crippen LogP contribution in [0.5, 0.6) is 0 Å². The molecule has 0 aromatic heterocycles. The fraction of sp³-hybridized carbons (Fsp3) is 0.500. The molecule has 0 fully saturated rings. The van der Waals surface area contributed by atoms with Crippen LogP contribution in [0, 0.1) is 0 Å². The van der Waals surface area contributed by atoms with Crippen LogP contribution in [0.15, 0.2) is 29.2 Å². The second-order valence-corrected chi connectivity index (χ2v) is 6.10. The van der Waals surface area contributed by atoms with Gasteiger partial charge in [-0.3, -0.25) is 4.79 Å². The van der Waals surface area contributed by atoms with Gasteiger partial charge in [0.1, 0.15) is 0 Å². The monoisotopic (exact) mass is 316 g/mol. The maximum absolute atomic E-state index is 11.9. The van der Waals surface area contributed by atoms with Gasteiger partial charge in [0.2, 0.25) is 5.91 Å². The molecule has 0 aliphatic rings. The summed E-state index contributed by atoms with van der Waals surface area (Å²) in [6, 6.07) is 7.49. The molecule has 1 aromatic rings. The van der Waals surface area contributed by atoms with Crippen molar-refractivity contribution in [1.82, 2.24) is 10.6 Å². The lowest BCUT2D eigenvalue weighted by molar-refractivity contribution is -0.120. The summed E-state index contributed by atoms with van der Waals surface area (Å²) in [5, 5.41) is 6.65. The van der Waals surface area contributed by atoms with Gasteiger partial charge in [-0.15, -0.1) is 11.8 Å². The third kappa shape index (κ3) is 7.14. The average molecular weight is 317 g/mol. The quantitative estimate of drug-likeness (QED) is 0.541. The van der Waals surface area contributed by atoms with Crippen molar-refractivity contribution in [3.63, 3.8) is 0 Å². The van der Waals surface area contributed by atoms with Gasteiger partial charge in [-0.25, -0.2) is 0 Å². The highest BCUT2D eigenvalue weighted by Crippen LogP contribution is 2.24. The minimum absolute atomic E-state index is 0.0403. The number of ether oxygens (including phenoxy) is 1. The van der Waals surface area contributed by atoms with Crippen LogP contribution in [0.4, 0.5) is 0 Å². The first-order valence-electron chi connectivity index (χ1n) is 6.53. The normalized spacial score (nSPS) is 12.2. The minimum Gasteiger partial charge on any atom is -0.383 e. The van der Waals surface area contributed by atoms with Gasteiger partial charge in [0, 0.05) is 36.7 Å². The van der Waals surface area contributed by atoms with Crippen molar-refractivity contribution in [2.75, 3.05) is 33.4 Å². The molecule has 0 aliphatic heterocycles. The molecule has 1 amide bonds. The van der Waals surface area contributed by atoms with E-state index in [4.69, 9.17) is 16.3 Å². The average Bonchev–Trinajstić information content (AvgIpc) is 2.45. The number of methoxy groups -OCH3 is 1. The van der Waals surface area contributed by atoms with Gasteiger partial charge in [-0.1, -0.05) is 11.6 Å². The molecule has 2 N–H and O–H groups in total. The highest BCUT2D eigenvalue weighted by atomic mass is 35.5. The number of carbonyl (C=O) groups excluding carboxylic acids is 1. The van der Waals surface area contributed by atoms with Crippen LogP contribution >= 0.6 is 23.4 Å². The van der Waals surface area contributed by atoms with E-state index in [1.807, 2.05) is 31.2 Å². The van der Waals surface area contributed by atoms with E-state index in [0.29, 0.717) is 18.2 Å². The molecule has 112 valence electrons. The maximum Gasteiger partial charge on any atom is 0.233 e. The second-order valence-electron chi connectivity index (χ2n) is 4.25. The number of carbonyl (C=O) groups is 1. The van der Waals surface area contributed by atoms with Crippen molar-refractivity contribution in [2.45, 2.75) is 17.1 Å². The molecule has 0 aliphatic carbocycles. The SMILES string of the molecule is COCCNCCNC(=O)C(C)Sc1ccc(Cl)cc1. The molecule has 0 saturated carbocycles. The van der Waals surface area contributed by atoms with Crippen LogP contribution in [0.2, 0.25) is 5.02 Å². The van der Waals surface area contributed by atoms with Gasteiger partial charge in [0.15, 0.2) is 0 Å². The summed E-state index contributed by atoms with van der Waals surface area (Å²) in [6.45, 7) is 4.73. The Labute approximate surface area is 129 Å². The molecule has 6 heteroatoms. The van der Waals surface area contributed by atoms with E-state index < -0.39 is 0 Å². The summed E-state index contributed by atoms with van der Waals surface area (Å²) in [5.74, 6) is 0.0403. The van der Waals surface area contributed by atoms with E-state index in [9.17, 15) is 4.79 Å². The second kappa shape index (κ2) is 10.0. The lowest BCUT2D eigenvalue weighted by Gasteiger charge is -2.12. The van der Waals surface area contributed by atoms with Gasteiger partial charge >= 0.3 is 0 Å². The predicted octanol–water partition coefficient (Wildman–Crippen LogP) is 2.17. The van der Waals surface area contributed by atoms with Gasteiger partial charge < -0.3 is 15.4 Å². The van der Waals surface area contributed by atoms with Crippen molar-refractivity contribution in [3.05, 3.63) is 29.3 Å². The zero-order valence-electron chi connectivity index (χ0n) is 11.8. The molecule has 1 rings (SSSR count). The van der Waals surface area contributed by atoms with E-state index in [0.717, 1.165) is 18.0 Å². The van der Waals surface area contributed by atoms with Crippen molar-refractivity contribution in [3.8, 4) is 0 Å². The molecule has 0 bridgehead atoms. The zero-order valence-corrected chi connectivity index (χ0v) is 13.4. The third-order valence-corrected chi connectivity index (χ3v) is 3.94. The number of halogens is 1. The fourth-order valence-corrected chi connectivity index (χ4v) is 2.51. The molecule has 1 atom stereocenters. The molecule has 20 heavy (non-hydrogen) atoms. The largest absolute Gasteiger partial charge is 0.383 e. The Balaban J connectivity index is 2.20. The van der Waals surface area contributed by atoms with E-state index >= 15 is 0 Å². The van der Waals surface area contributed by atoms with Gasteiger partial charge in [0.05, 0.1) is 11.9 Å². The first kappa shape index (κ1) is 17.3. The molecule has 0 radical (unpaired) electrons. The molecular weight excluding hydrogens is 296 g/mol. The van der Waals surface area contributed by atoms with E-state index in [1.54, 1.807) is 7.11 Å². The zero-order chi connectivity index (χ0) is 14.8. The molecule has 0 saturated heterocycles. The van der Waals surface area contributed by atoms with Gasteiger partial charge in [-0.2, -0.15) is 0 Å². The molecule has 1 unspecified atom stereocenters. The summed E-state index contributed by atoms with van der Waals surface area (Å²) in [5.41, 5.74) is 0. The highest BCUT2D eigenvalue weighted by Gasteiger charge is 2.13. The smallest absolute Gasteiger partial charge is 0.233 e. The third-order valence-electron chi connectivity index (χ3n) is 2.58. The van der Waals surface area contributed by atoms with Crippen LogP contribution in [0.25, 0.3) is 0 Å². The Morgan fingerprint density at radius 1 is 1.30 bits per heavy atom. The van der Waals surface area contributed by atoms with Gasteiger partial charge in [-0.05, 0) is 31.2 Å². The molecule has 4 nitrogen and oxygen atoms in total. The first-order valence-corrected chi connectivity index (χ1v) is 7.79. The Morgan fingerprint density at radius 3 is 2.65 bits per heavy atom. The number of hydrogen-bond donors (Lipinski definition) is 2. The summed E-state index contributed by atoms with van der Waals surface area (Å²) in [6.07, 6.45) is 0. The Hall–Kier alpha value is -0.750. The molecule has 0 heterocycles. The van der Waals surface area contributed by atoms with Crippen LogP contribution in [0.1, 0.15) is 6.92 Å². The van der Waals surface area contributed by atoms with Crippen LogP contribution in [-0.2, 0) is 9.53 Å². The molecular formula is C14H21ClN2O2S. The van der Waals surface area contributed by atoms with Crippen molar-refractivity contribution in [1.29, 1.82) is 0 Å². The lowest BCUT2D eigenvalue weighted by Crippen LogP contribution is -2.36. The maximum atomic E-state index is 11.9. The van der Waals surface area contributed by atoms with E-state index in [1.165, 1.54) is 11.8 Å². The number of thioether (sulfide) groups is 1.